The lowest BCUT2D eigenvalue weighted by molar-refractivity contribution is 0.0963. The van der Waals surface area contributed by atoms with Gasteiger partial charge in [0.2, 0.25) is 0 Å². The minimum atomic E-state index is -0.0926. The maximum Gasteiger partial charge on any atom is 0.251 e. The zero-order chi connectivity index (χ0) is 14.8. The van der Waals surface area contributed by atoms with Gasteiger partial charge < -0.3 is 10.4 Å². The summed E-state index contributed by atoms with van der Waals surface area (Å²) in [4.78, 5) is 11.5. The van der Waals surface area contributed by atoms with Crippen LogP contribution < -0.4 is 5.32 Å². The van der Waals surface area contributed by atoms with E-state index < -0.39 is 0 Å². The first-order valence-electron chi connectivity index (χ1n) is 6.73. The summed E-state index contributed by atoms with van der Waals surface area (Å²) in [6, 6.07) is 18.9. The molecular formula is C18H15NO2. The Balaban J connectivity index is 2.02. The molecule has 0 saturated carbocycles. The number of carbonyl (C=O) groups is 1. The van der Waals surface area contributed by atoms with Gasteiger partial charge in [0.05, 0.1) is 0 Å². The molecule has 0 aromatic heterocycles. The summed E-state index contributed by atoms with van der Waals surface area (Å²) < 4.78 is 0. The van der Waals surface area contributed by atoms with Crippen LogP contribution in [0.3, 0.4) is 0 Å². The van der Waals surface area contributed by atoms with Crippen LogP contribution >= 0.6 is 0 Å². The Kier molecular flexibility index (Phi) is 3.32. The van der Waals surface area contributed by atoms with E-state index in [0.717, 1.165) is 21.9 Å². The van der Waals surface area contributed by atoms with Crippen LogP contribution in [-0.2, 0) is 0 Å². The third-order valence-electron chi connectivity index (χ3n) is 3.56. The van der Waals surface area contributed by atoms with E-state index in [2.05, 4.69) is 5.32 Å². The first-order valence-corrected chi connectivity index (χ1v) is 6.73. The number of aromatic hydroxyl groups is 1. The van der Waals surface area contributed by atoms with Gasteiger partial charge in [-0.15, -0.1) is 0 Å². The molecule has 3 rings (SSSR count). The molecule has 0 bridgehead atoms. The molecule has 3 aromatic rings. The lowest BCUT2D eigenvalue weighted by Crippen LogP contribution is -2.17. The first-order chi connectivity index (χ1) is 10.2. The standard InChI is InChI=1S/C18H15NO2/c1-19-18(21)13-7-5-12(6-8-13)14-9-10-16-15(11-14)3-2-4-17(16)20/h2-11,20H,1H3,(H,19,21). The minimum absolute atomic E-state index is 0.0926. The topological polar surface area (TPSA) is 49.3 Å². The molecule has 0 heterocycles. The van der Waals surface area contributed by atoms with E-state index in [-0.39, 0.29) is 11.7 Å². The summed E-state index contributed by atoms with van der Waals surface area (Å²) in [6.07, 6.45) is 0. The van der Waals surface area contributed by atoms with Gasteiger partial charge in [-0.3, -0.25) is 4.79 Å². The molecule has 0 atom stereocenters. The Hall–Kier alpha value is -2.81. The number of benzene rings is 3. The molecule has 0 aliphatic heterocycles. The highest BCUT2D eigenvalue weighted by Crippen LogP contribution is 2.29. The van der Waals surface area contributed by atoms with Crippen LogP contribution in [0.1, 0.15) is 10.4 Å². The van der Waals surface area contributed by atoms with Crippen LogP contribution in [-0.4, -0.2) is 18.1 Å². The smallest absolute Gasteiger partial charge is 0.251 e. The van der Waals surface area contributed by atoms with E-state index in [0.29, 0.717) is 5.56 Å². The van der Waals surface area contributed by atoms with Crippen molar-refractivity contribution in [2.75, 3.05) is 7.05 Å². The number of nitrogens with one attached hydrogen (secondary N) is 1. The quantitative estimate of drug-likeness (QED) is 0.752. The van der Waals surface area contributed by atoms with Crippen LogP contribution in [0.15, 0.2) is 60.7 Å². The first kappa shape index (κ1) is 13.2. The maximum atomic E-state index is 11.5. The number of rotatable bonds is 2. The maximum absolute atomic E-state index is 11.5. The van der Waals surface area contributed by atoms with Gasteiger partial charge in [0.25, 0.3) is 5.91 Å². The van der Waals surface area contributed by atoms with Gasteiger partial charge in [-0.25, -0.2) is 0 Å². The summed E-state index contributed by atoms with van der Waals surface area (Å²) in [5, 5.41) is 14.2. The highest BCUT2D eigenvalue weighted by molar-refractivity contribution is 5.95. The molecule has 3 heteroatoms. The fraction of sp³-hybridized carbons (Fsp3) is 0.0556. The molecular weight excluding hydrogens is 262 g/mol. The van der Waals surface area contributed by atoms with Crippen molar-refractivity contribution in [3.8, 4) is 16.9 Å². The number of hydrogen-bond donors (Lipinski definition) is 2. The molecule has 3 nitrogen and oxygen atoms in total. The molecule has 0 fully saturated rings. The van der Waals surface area contributed by atoms with Crippen LogP contribution in [0.5, 0.6) is 5.75 Å². The number of hydrogen-bond acceptors (Lipinski definition) is 2. The second-order valence-electron chi connectivity index (χ2n) is 4.87. The zero-order valence-corrected chi connectivity index (χ0v) is 11.6. The van der Waals surface area contributed by atoms with E-state index in [9.17, 15) is 9.90 Å². The van der Waals surface area contributed by atoms with Crippen molar-refractivity contribution in [3.05, 3.63) is 66.2 Å². The Labute approximate surface area is 122 Å². The van der Waals surface area contributed by atoms with Crippen molar-refractivity contribution in [1.29, 1.82) is 0 Å². The highest BCUT2D eigenvalue weighted by Gasteiger charge is 2.05. The van der Waals surface area contributed by atoms with E-state index in [1.807, 2.05) is 42.5 Å². The summed E-state index contributed by atoms with van der Waals surface area (Å²) in [6.45, 7) is 0. The Morgan fingerprint density at radius 2 is 1.67 bits per heavy atom. The van der Waals surface area contributed by atoms with Gasteiger partial charge in [0.1, 0.15) is 5.75 Å². The highest BCUT2D eigenvalue weighted by atomic mass is 16.3. The molecule has 0 aliphatic carbocycles. The third-order valence-corrected chi connectivity index (χ3v) is 3.56. The van der Waals surface area contributed by atoms with Crippen molar-refractivity contribution in [1.82, 2.24) is 5.32 Å². The van der Waals surface area contributed by atoms with Crippen molar-refractivity contribution in [2.45, 2.75) is 0 Å². The van der Waals surface area contributed by atoms with E-state index >= 15 is 0 Å². The van der Waals surface area contributed by atoms with E-state index in [1.165, 1.54) is 0 Å². The number of phenolic OH excluding ortho intramolecular Hbond substituents is 1. The van der Waals surface area contributed by atoms with Crippen LogP contribution in [0.25, 0.3) is 21.9 Å². The Morgan fingerprint density at radius 3 is 2.38 bits per heavy atom. The van der Waals surface area contributed by atoms with Gasteiger partial charge >= 0.3 is 0 Å². The summed E-state index contributed by atoms with van der Waals surface area (Å²) >= 11 is 0. The third kappa shape index (κ3) is 2.46. The average molecular weight is 277 g/mol. The predicted octanol–water partition coefficient (Wildman–Crippen LogP) is 3.57. The number of amides is 1. The van der Waals surface area contributed by atoms with E-state index in [1.54, 1.807) is 25.2 Å². The van der Waals surface area contributed by atoms with Crippen LogP contribution in [0, 0.1) is 0 Å². The van der Waals surface area contributed by atoms with Crippen molar-refractivity contribution < 1.29 is 9.90 Å². The van der Waals surface area contributed by atoms with Gasteiger partial charge in [-0.05, 0) is 40.8 Å². The molecule has 0 unspecified atom stereocenters. The van der Waals surface area contributed by atoms with Gasteiger partial charge in [-0.1, -0.05) is 36.4 Å². The second-order valence-corrected chi connectivity index (χ2v) is 4.87. The predicted molar refractivity (Wildman–Crippen MR) is 84.4 cm³/mol. The fourth-order valence-corrected chi connectivity index (χ4v) is 2.40. The number of phenols is 1. The molecule has 3 aromatic carbocycles. The van der Waals surface area contributed by atoms with Crippen molar-refractivity contribution in [2.24, 2.45) is 0 Å². The largest absolute Gasteiger partial charge is 0.507 e. The summed E-state index contributed by atoms with van der Waals surface area (Å²) in [7, 11) is 1.62. The minimum Gasteiger partial charge on any atom is -0.507 e. The molecule has 0 radical (unpaired) electrons. The van der Waals surface area contributed by atoms with Crippen LogP contribution in [0.4, 0.5) is 0 Å². The van der Waals surface area contributed by atoms with E-state index in [4.69, 9.17) is 0 Å². The molecule has 0 aliphatic rings. The number of fused-ring (bicyclic) bond motifs is 1. The molecule has 0 saturated heterocycles. The molecule has 1 amide bonds. The average Bonchev–Trinajstić information content (AvgIpc) is 2.54. The molecule has 2 N–H and O–H groups in total. The summed E-state index contributed by atoms with van der Waals surface area (Å²) in [5.41, 5.74) is 2.73. The van der Waals surface area contributed by atoms with Crippen molar-refractivity contribution >= 4 is 16.7 Å². The van der Waals surface area contributed by atoms with Gasteiger partial charge in [0, 0.05) is 18.0 Å². The zero-order valence-electron chi connectivity index (χ0n) is 11.6. The van der Waals surface area contributed by atoms with Crippen LogP contribution in [0.2, 0.25) is 0 Å². The molecule has 21 heavy (non-hydrogen) atoms. The monoisotopic (exact) mass is 277 g/mol. The SMILES string of the molecule is CNC(=O)c1ccc(-c2ccc3c(O)cccc3c2)cc1. The Morgan fingerprint density at radius 1 is 0.952 bits per heavy atom. The van der Waals surface area contributed by atoms with Crippen molar-refractivity contribution in [3.63, 3.8) is 0 Å². The lowest BCUT2D eigenvalue weighted by atomic mass is 10.00. The van der Waals surface area contributed by atoms with Gasteiger partial charge in [-0.2, -0.15) is 0 Å². The normalized spacial score (nSPS) is 10.5. The number of carbonyl (C=O) groups excluding carboxylic acids is 1. The lowest BCUT2D eigenvalue weighted by Gasteiger charge is -2.06. The molecule has 104 valence electrons. The second kappa shape index (κ2) is 5.29. The summed E-state index contributed by atoms with van der Waals surface area (Å²) in [5.74, 6) is 0.194. The fourth-order valence-electron chi connectivity index (χ4n) is 2.40. The van der Waals surface area contributed by atoms with Gasteiger partial charge in [0.15, 0.2) is 0 Å². The molecule has 0 spiro atoms. The Bertz CT molecular complexity index is 807.